The molecule has 0 saturated carbocycles. The maximum atomic E-state index is 12.3. The summed E-state index contributed by atoms with van der Waals surface area (Å²) < 4.78 is 5.45. The van der Waals surface area contributed by atoms with Crippen molar-refractivity contribution in [1.82, 2.24) is 15.2 Å². The van der Waals surface area contributed by atoms with Crippen molar-refractivity contribution in [3.63, 3.8) is 0 Å². The van der Waals surface area contributed by atoms with Gasteiger partial charge in [-0.25, -0.2) is 4.98 Å². The molecule has 1 aromatic carbocycles. The second-order valence-electron chi connectivity index (χ2n) is 5.62. The Labute approximate surface area is 145 Å². The number of ether oxygens (including phenoxy) is 1. The number of hydrogen-bond acceptors (Lipinski definition) is 6. The number of benzene rings is 1. The van der Waals surface area contributed by atoms with Gasteiger partial charge in [0.15, 0.2) is 0 Å². The molecule has 1 unspecified atom stereocenters. The molecule has 1 saturated heterocycles. The molecule has 1 aliphatic heterocycles. The molecule has 1 atom stereocenters. The molecule has 2 heterocycles. The largest absolute Gasteiger partial charge is 0.379 e. The Morgan fingerprint density at radius 2 is 2.08 bits per heavy atom. The Morgan fingerprint density at radius 3 is 2.75 bits per heavy atom. The van der Waals surface area contributed by atoms with Crippen molar-refractivity contribution in [2.75, 3.05) is 32.8 Å². The van der Waals surface area contributed by atoms with Crippen LogP contribution in [0.4, 0.5) is 0 Å². The molecule has 128 valence electrons. The van der Waals surface area contributed by atoms with Crippen LogP contribution in [0.2, 0.25) is 0 Å². The fraction of sp³-hybridized carbons (Fsp3) is 0.412. The van der Waals surface area contributed by atoms with Crippen LogP contribution in [0, 0.1) is 0 Å². The number of nitrogens with one attached hydrogen (secondary N) is 1. The van der Waals surface area contributed by atoms with Crippen LogP contribution in [0.1, 0.15) is 27.1 Å². The van der Waals surface area contributed by atoms with E-state index >= 15 is 0 Å². The highest BCUT2D eigenvalue weighted by Crippen LogP contribution is 2.21. The molecule has 1 aromatic heterocycles. The van der Waals surface area contributed by atoms with E-state index in [-0.39, 0.29) is 11.9 Å². The minimum absolute atomic E-state index is 0.131. The molecule has 1 amide bonds. The molecule has 1 fully saturated rings. The molecule has 3 rings (SSSR count). The Bertz CT molecular complexity index is 656. The molecule has 0 bridgehead atoms. The monoisotopic (exact) mass is 346 g/mol. The smallest absolute Gasteiger partial charge is 0.270 e. The maximum absolute atomic E-state index is 12.3. The topological polar surface area (TPSA) is 80.5 Å². The standard InChI is InChI=1S/C17H22N4O2S/c18-10-16-20-14(12-24-16)17(22)19-11-15(13-4-2-1-3-5-13)21-6-8-23-9-7-21/h1-5,12,15H,6-11,18H2,(H,19,22). The van der Waals surface area contributed by atoms with Crippen molar-refractivity contribution in [3.8, 4) is 0 Å². The van der Waals surface area contributed by atoms with E-state index in [9.17, 15) is 4.79 Å². The number of aromatic nitrogens is 1. The molecule has 24 heavy (non-hydrogen) atoms. The third kappa shape index (κ3) is 4.18. The first kappa shape index (κ1) is 17.0. The van der Waals surface area contributed by atoms with Gasteiger partial charge in [-0.05, 0) is 5.56 Å². The third-order valence-electron chi connectivity index (χ3n) is 4.09. The molecular weight excluding hydrogens is 324 g/mol. The normalized spacial score (nSPS) is 16.7. The van der Waals surface area contributed by atoms with Crippen LogP contribution >= 0.6 is 11.3 Å². The van der Waals surface area contributed by atoms with E-state index in [1.54, 1.807) is 5.38 Å². The van der Waals surface area contributed by atoms with Gasteiger partial charge in [0.1, 0.15) is 10.7 Å². The summed E-state index contributed by atoms with van der Waals surface area (Å²) in [4.78, 5) is 18.9. The minimum Gasteiger partial charge on any atom is -0.379 e. The van der Waals surface area contributed by atoms with Gasteiger partial charge < -0.3 is 15.8 Å². The summed E-state index contributed by atoms with van der Waals surface area (Å²) in [6.45, 7) is 4.08. The Balaban J connectivity index is 1.68. The lowest BCUT2D eigenvalue weighted by molar-refractivity contribution is 0.0162. The summed E-state index contributed by atoms with van der Waals surface area (Å²) in [5.41, 5.74) is 7.19. The fourth-order valence-corrected chi connectivity index (χ4v) is 3.47. The fourth-order valence-electron chi connectivity index (χ4n) is 2.81. The van der Waals surface area contributed by atoms with Crippen LogP contribution in [0.5, 0.6) is 0 Å². The van der Waals surface area contributed by atoms with E-state index in [0.29, 0.717) is 18.8 Å². The van der Waals surface area contributed by atoms with Gasteiger partial charge in [-0.2, -0.15) is 0 Å². The van der Waals surface area contributed by atoms with Crippen LogP contribution < -0.4 is 11.1 Å². The number of rotatable bonds is 6. The van der Waals surface area contributed by atoms with Crippen molar-refractivity contribution >= 4 is 17.2 Å². The number of amides is 1. The van der Waals surface area contributed by atoms with E-state index < -0.39 is 0 Å². The highest BCUT2D eigenvalue weighted by Gasteiger charge is 2.23. The molecule has 0 radical (unpaired) electrons. The summed E-state index contributed by atoms with van der Waals surface area (Å²) in [7, 11) is 0. The number of nitrogens with zero attached hydrogens (tertiary/aromatic N) is 2. The van der Waals surface area contributed by atoms with Gasteiger partial charge in [0.05, 0.1) is 19.3 Å². The van der Waals surface area contributed by atoms with Crippen molar-refractivity contribution in [3.05, 3.63) is 52.0 Å². The first-order valence-electron chi connectivity index (χ1n) is 8.07. The van der Waals surface area contributed by atoms with Crippen molar-refractivity contribution in [2.45, 2.75) is 12.6 Å². The van der Waals surface area contributed by atoms with Crippen molar-refractivity contribution in [2.24, 2.45) is 5.73 Å². The lowest BCUT2D eigenvalue weighted by atomic mass is 10.0. The number of nitrogens with two attached hydrogens (primary N) is 1. The first-order valence-corrected chi connectivity index (χ1v) is 8.95. The maximum Gasteiger partial charge on any atom is 0.270 e. The summed E-state index contributed by atoms with van der Waals surface area (Å²) in [5.74, 6) is -0.153. The average molecular weight is 346 g/mol. The van der Waals surface area contributed by atoms with Crippen LogP contribution in [0.15, 0.2) is 35.7 Å². The second-order valence-corrected chi connectivity index (χ2v) is 6.56. The van der Waals surface area contributed by atoms with Crippen LogP contribution in [-0.2, 0) is 11.3 Å². The Morgan fingerprint density at radius 1 is 1.33 bits per heavy atom. The van der Waals surface area contributed by atoms with Gasteiger partial charge >= 0.3 is 0 Å². The highest BCUT2D eigenvalue weighted by molar-refractivity contribution is 7.09. The van der Waals surface area contributed by atoms with Crippen LogP contribution in [0.25, 0.3) is 0 Å². The molecule has 0 spiro atoms. The van der Waals surface area contributed by atoms with Crippen molar-refractivity contribution in [1.29, 1.82) is 0 Å². The van der Waals surface area contributed by atoms with Gasteiger partial charge in [-0.15, -0.1) is 11.3 Å². The van der Waals surface area contributed by atoms with Gasteiger partial charge in [-0.3, -0.25) is 9.69 Å². The molecule has 1 aliphatic rings. The quantitative estimate of drug-likeness (QED) is 0.826. The predicted molar refractivity (Wildman–Crippen MR) is 93.9 cm³/mol. The molecular formula is C17H22N4O2S. The number of hydrogen-bond donors (Lipinski definition) is 2. The van der Waals surface area contributed by atoms with Crippen molar-refractivity contribution < 1.29 is 9.53 Å². The second kappa shape index (κ2) is 8.34. The van der Waals surface area contributed by atoms with Gasteiger partial charge in [0, 0.05) is 31.6 Å². The first-order chi connectivity index (χ1) is 11.8. The molecule has 7 heteroatoms. The van der Waals surface area contributed by atoms with Gasteiger partial charge in [0.2, 0.25) is 0 Å². The third-order valence-corrected chi connectivity index (χ3v) is 4.96. The highest BCUT2D eigenvalue weighted by atomic mass is 32.1. The van der Waals surface area contributed by atoms with Crippen LogP contribution in [-0.4, -0.2) is 48.6 Å². The summed E-state index contributed by atoms with van der Waals surface area (Å²) in [6, 6.07) is 10.4. The van der Waals surface area contributed by atoms with E-state index in [1.165, 1.54) is 16.9 Å². The predicted octanol–water partition coefficient (Wildman–Crippen LogP) is 1.41. The molecule has 2 aromatic rings. The summed E-state index contributed by atoms with van der Waals surface area (Å²) in [5, 5.41) is 5.54. The zero-order chi connectivity index (χ0) is 16.8. The number of carbonyl (C=O) groups excluding carboxylic acids is 1. The number of carbonyl (C=O) groups is 1. The number of thiazole rings is 1. The van der Waals surface area contributed by atoms with E-state index in [0.717, 1.165) is 31.3 Å². The summed E-state index contributed by atoms with van der Waals surface area (Å²) in [6.07, 6.45) is 0. The molecule has 0 aliphatic carbocycles. The summed E-state index contributed by atoms with van der Waals surface area (Å²) >= 11 is 1.41. The lowest BCUT2D eigenvalue weighted by Gasteiger charge is -2.34. The lowest BCUT2D eigenvalue weighted by Crippen LogP contribution is -2.43. The molecule has 3 N–H and O–H groups in total. The zero-order valence-corrected chi connectivity index (χ0v) is 14.3. The van der Waals surface area contributed by atoms with E-state index in [2.05, 4.69) is 27.3 Å². The van der Waals surface area contributed by atoms with Gasteiger partial charge in [0.25, 0.3) is 5.91 Å². The average Bonchev–Trinajstić information content (AvgIpc) is 3.13. The minimum atomic E-state index is -0.153. The zero-order valence-electron chi connectivity index (χ0n) is 13.5. The van der Waals surface area contributed by atoms with E-state index in [1.807, 2.05) is 18.2 Å². The van der Waals surface area contributed by atoms with E-state index in [4.69, 9.17) is 10.5 Å². The van der Waals surface area contributed by atoms with Gasteiger partial charge in [-0.1, -0.05) is 30.3 Å². The molecule has 6 nitrogen and oxygen atoms in total. The Hall–Kier alpha value is -1.80. The Kier molecular flexibility index (Phi) is 5.92. The SMILES string of the molecule is NCc1nc(C(=O)NCC(c2ccccc2)N2CCOCC2)cs1. The van der Waals surface area contributed by atoms with Crippen LogP contribution in [0.3, 0.4) is 0 Å². The number of morpholine rings is 1.